The van der Waals surface area contributed by atoms with Crippen molar-refractivity contribution < 1.29 is 27.0 Å². The van der Waals surface area contributed by atoms with Crippen molar-refractivity contribution in [1.82, 2.24) is 24.8 Å². The summed E-state index contributed by atoms with van der Waals surface area (Å²) in [5, 5.41) is -0.208. The van der Waals surface area contributed by atoms with E-state index in [9.17, 15) is 13.2 Å². The number of ether oxygens (including phenoxy) is 2. The fraction of sp³-hybridized carbons (Fsp3) is 0.500. The number of fused-ring (bicyclic) bond motifs is 1. The van der Waals surface area contributed by atoms with Gasteiger partial charge < -0.3 is 25.0 Å². The Balaban J connectivity index is 1.56. The fourth-order valence-electron chi connectivity index (χ4n) is 6.66. The Bertz CT molecular complexity index is 1650. The quantitative estimate of drug-likeness (QED) is 0.273. The molecule has 1 aromatic carbocycles. The van der Waals surface area contributed by atoms with E-state index in [0.29, 0.717) is 25.5 Å². The molecule has 44 heavy (non-hydrogen) atoms. The van der Waals surface area contributed by atoms with Crippen LogP contribution in [0.1, 0.15) is 30.4 Å². The highest BCUT2D eigenvalue weighted by molar-refractivity contribution is 6.36. The molecule has 9 nitrogen and oxygen atoms in total. The van der Waals surface area contributed by atoms with Gasteiger partial charge in [-0.15, -0.1) is 0 Å². The van der Waals surface area contributed by atoms with Gasteiger partial charge in [-0.25, -0.2) is 9.37 Å². The van der Waals surface area contributed by atoms with E-state index >= 15 is 4.39 Å². The number of hydrogen-bond acceptors (Lipinski definition) is 9. The number of pyridine rings is 1. The average Bonchev–Trinajstić information content (AvgIpc) is 3.38. The molecule has 3 aliphatic heterocycles. The van der Waals surface area contributed by atoms with Crippen LogP contribution in [0.15, 0.2) is 18.2 Å². The minimum absolute atomic E-state index is 0.0189. The van der Waals surface area contributed by atoms with Gasteiger partial charge in [0.25, 0.3) is 0 Å². The monoisotopic (exact) mass is 635 g/mol. The molecule has 3 aromatic rings. The van der Waals surface area contributed by atoms with Gasteiger partial charge in [-0.3, -0.25) is 4.90 Å². The first-order valence-electron chi connectivity index (χ1n) is 14.4. The van der Waals surface area contributed by atoms with Crippen molar-refractivity contribution in [3.63, 3.8) is 0 Å². The van der Waals surface area contributed by atoms with Gasteiger partial charge in [0.2, 0.25) is 0 Å². The summed E-state index contributed by atoms with van der Waals surface area (Å²) < 4.78 is 72.0. The van der Waals surface area contributed by atoms with E-state index in [1.807, 2.05) is 23.9 Å². The third-order valence-corrected chi connectivity index (χ3v) is 8.99. The number of benzene rings is 1. The smallest absolute Gasteiger partial charge is 0.418 e. The van der Waals surface area contributed by atoms with E-state index in [1.165, 1.54) is 6.92 Å². The number of hydrogen-bond donors (Lipinski definition) is 1. The number of nitrogen functional groups attached to an aromatic ring is 1. The number of halogens is 5. The lowest BCUT2D eigenvalue weighted by Gasteiger charge is -2.31. The number of alkyl halides is 3. The van der Waals surface area contributed by atoms with Crippen LogP contribution >= 0.6 is 11.6 Å². The highest BCUT2D eigenvalue weighted by Gasteiger charge is 2.47. The molecule has 0 spiro atoms. The highest BCUT2D eigenvalue weighted by Crippen LogP contribution is 2.50. The minimum Gasteiger partial charge on any atom is -0.489 e. The lowest BCUT2D eigenvalue weighted by atomic mass is 9.94. The lowest BCUT2D eigenvalue weighted by Crippen LogP contribution is -2.43. The number of anilines is 2. The van der Waals surface area contributed by atoms with Crippen LogP contribution in [0.4, 0.5) is 29.2 Å². The Morgan fingerprint density at radius 2 is 2.00 bits per heavy atom. The van der Waals surface area contributed by atoms with Gasteiger partial charge in [-0.05, 0) is 58.5 Å². The van der Waals surface area contributed by atoms with Gasteiger partial charge in [-0.2, -0.15) is 23.1 Å². The molecular weight excluding hydrogens is 602 g/mol. The summed E-state index contributed by atoms with van der Waals surface area (Å²) in [6.07, 6.45) is -2.17. The van der Waals surface area contributed by atoms with Gasteiger partial charge in [0.1, 0.15) is 30.4 Å². The zero-order valence-corrected chi connectivity index (χ0v) is 25.6. The molecule has 2 fully saturated rings. The Labute approximate surface area is 257 Å². The summed E-state index contributed by atoms with van der Waals surface area (Å²) >= 11 is 6.73. The first-order valence-corrected chi connectivity index (χ1v) is 14.8. The van der Waals surface area contributed by atoms with Crippen molar-refractivity contribution in [2.24, 2.45) is 0 Å². The maximum Gasteiger partial charge on any atom is 0.418 e. The van der Waals surface area contributed by atoms with Crippen molar-refractivity contribution >= 4 is 34.1 Å². The molecule has 2 saturated heterocycles. The summed E-state index contributed by atoms with van der Waals surface area (Å²) in [4.78, 5) is 19.3. The number of aromatic nitrogens is 3. The predicted octanol–water partition coefficient (Wildman–Crippen LogP) is 5.33. The van der Waals surface area contributed by atoms with Gasteiger partial charge in [0, 0.05) is 19.6 Å². The maximum atomic E-state index is 16.7. The number of nitrogens with zero attached hydrogens (tertiary/aromatic N) is 6. The largest absolute Gasteiger partial charge is 0.489 e. The molecule has 1 atom stereocenters. The van der Waals surface area contributed by atoms with Crippen molar-refractivity contribution in [2.75, 3.05) is 70.7 Å². The summed E-state index contributed by atoms with van der Waals surface area (Å²) in [5.41, 5.74) is 3.75. The van der Waals surface area contributed by atoms with Crippen LogP contribution in [0.5, 0.6) is 11.8 Å². The number of aryl methyl sites for hydroxylation is 1. The Kier molecular flexibility index (Phi) is 7.78. The Morgan fingerprint density at radius 3 is 2.73 bits per heavy atom. The van der Waals surface area contributed by atoms with Gasteiger partial charge in [-0.1, -0.05) is 23.8 Å². The number of likely N-dealkylation sites (N-methyl/N-ethyl adjacent to an activating group) is 1. The number of rotatable bonds is 7. The molecule has 14 heteroatoms. The molecule has 0 radical (unpaired) electrons. The third-order valence-electron chi connectivity index (χ3n) is 8.63. The van der Waals surface area contributed by atoms with Crippen LogP contribution in [0.2, 0.25) is 5.02 Å². The first-order chi connectivity index (χ1) is 20.8. The molecule has 0 bridgehead atoms. The van der Waals surface area contributed by atoms with E-state index in [0.717, 1.165) is 44.0 Å². The Morgan fingerprint density at radius 1 is 1.23 bits per heavy atom. The number of nitrogens with two attached hydrogens (primary N) is 1. The molecule has 2 aromatic heterocycles. The first kappa shape index (κ1) is 30.6. The van der Waals surface area contributed by atoms with E-state index in [-0.39, 0.29) is 57.8 Å². The second-order valence-electron chi connectivity index (χ2n) is 12.1. The van der Waals surface area contributed by atoms with E-state index < -0.39 is 28.8 Å². The fourth-order valence-corrected chi connectivity index (χ4v) is 6.98. The van der Waals surface area contributed by atoms with Gasteiger partial charge in [0.15, 0.2) is 11.6 Å². The topological polar surface area (TPSA) is 92.9 Å². The molecule has 0 saturated carbocycles. The van der Waals surface area contributed by atoms with Crippen LogP contribution in [-0.2, 0) is 6.18 Å². The second-order valence-corrected chi connectivity index (χ2v) is 12.5. The SMILES string of the molecule is C=C1CN2CCC[C@@]2(COc2nc3c4c(c(Cl)c(-c5nc(N)cc(C)c5C(F)(F)F)c(F)c4n2)OCCN3CCN(C)C)C1. The van der Waals surface area contributed by atoms with Crippen LogP contribution in [0, 0.1) is 12.7 Å². The molecule has 2 N–H and O–H groups in total. The van der Waals surface area contributed by atoms with Crippen molar-refractivity contribution in [2.45, 2.75) is 37.9 Å². The van der Waals surface area contributed by atoms with Crippen LogP contribution in [0.3, 0.4) is 0 Å². The summed E-state index contributed by atoms with van der Waals surface area (Å²) in [5.74, 6) is -1.00. The average molecular weight is 636 g/mol. The standard InChI is InChI=1S/C30H34ClF4N7O2/c1-16-13-29(6-5-7-42(29)14-16)15-44-28-38-25-20-26(43-11-10-41(27(20)39-28)9-8-40(3)4)22(31)19(23(25)32)24-21(30(33,34)35)17(2)12-18(36)37-24/h12H,1,5-11,13-15H2,2-4H3,(H2,36,37)/t29-/m0/s1. The second kappa shape index (κ2) is 11.2. The van der Waals surface area contributed by atoms with Gasteiger partial charge in [0.05, 0.1) is 39.3 Å². The summed E-state index contributed by atoms with van der Waals surface area (Å²) in [6.45, 7) is 9.01. The predicted molar refractivity (Wildman–Crippen MR) is 161 cm³/mol. The molecule has 3 aliphatic rings. The molecule has 0 aliphatic carbocycles. The third kappa shape index (κ3) is 5.28. The molecule has 236 valence electrons. The van der Waals surface area contributed by atoms with Gasteiger partial charge >= 0.3 is 12.2 Å². The van der Waals surface area contributed by atoms with Crippen molar-refractivity contribution in [1.29, 1.82) is 0 Å². The van der Waals surface area contributed by atoms with Crippen LogP contribution in [-0.4, -0.2) is 90.3 Å². The maximum absolute atomic E-state index is 16.7. The molecule has 0 unspecified atom stereocenters. The Hall–Kier alpha value is -3.42. The van der Waals surface area contributed by atoms with E-state index in [2.05, 4.69) is 21.4 Å². The minimum atomic E-state index is -4.87. The molecule has 0 amide bonds. The zero-order valence-electron chi connectivity index (χ0n) is 24.8. The summed E-state index contributed by atoms with van der Waals surface area (Å²) in [7, 11) is 3.85. The molecule has 6 rings (SSSR count). The molecular formula is C30H34ClF4N7O2. The molecule has 5 heterocycles. The van der Waals surface area contributed by atoms with Crippen LogP contribution < -0.4 is 20.1 Å². The van der Waals surface area contributed by atoms with E-state index in [1.54, 1.807) is 0 Å². The van der Waals surface area contributed by atoms with E-state index in [4.69, 9.17) is 31.8 Å². The van der Waals surface area contributed by atoms with Crippen molar-refractivity contribution in [3.8, 4) is 23.0 Å². The van der Waals surface area contributed by atoms with Crippen LogP contribution in [0.25, 0.3) is 22.2 Å². The highest BCUT2D eigenvalue weighted by atomic mass is 35.5. The zero-order chi connectivity index (χ0) is 31.6. The van der Waals surface area contributed by atoms with Crippen molar-refractivity contribution in [3.05, 3.63) is 40.2 Å². The lowest BCUT2D eigenvalue weighted by molar-refractivity contribution is -0.137. The normalized spacial score (nSPS) is 20.4. The summed E-state index contributed by atoms with van der Waals surface area (Å²) in [6, 6.07) is 0.997.